The molecule has 0 bridgehead atoms. The van der Waals surface area contributed by atoms with E-state index < -0.39 is 0 Å². The van der Waals surface area contributed by atoms with Gasteiger partial charge in [0.2, 0.25) is 0 Å². The molecule has 0 aromatic heterocycles. The van der Waals surface area contributed by atoms with E-state index in [9.17, 15) is 0 Å². The second-order valence-electron chi connectivity index (χ2n) is 0.365. The van der Waals surface area contributed by atoms with Gasteiger partial charge in [0.15, 0.2) is 0 Å². The molecule has 15 heavy (non-hydrogen) atoms. The van der Waals surface area contributed by atoms with E-state index in [1.54, 1.807) is 0 Å². The Labute approximate surface area is 218 Å². The summed E-state index contributed by atoms with van der Waals surface area (Å²) in [6.07, 6.45) is 0. The maximum absolute atomic E-state index is 7.13. The summed E-state index contributed by atoms with van der Waals surface area (Å²) >= 11 is 14.8. The minimum Gasteiger partial charge on any atom is -0.696 e. The van der Waals surface area contributed by atoms with Crippen LogP contribution in [0.4, 0.5) is 0 Å². The molecule has 0 saturated carbocycles. The van der Waals surface area contributed by atoms with Crippen molar-refractivity contribution in [2.75, 3.05) is 0 Å². The van der Waals surface area contributed by atoms with Gasteiger partial charge in [-0.3, -0.25) is 0 Å². The van der Waals surface area contributed by atoms with Gasteiger partial charge in [0.25, 0.3) is 0 Å². The molecule has 0 aliphatic rings. The third-order valence-electron chi connectivity index (χ3n) is 0. The molecule has 4 nitrogen and oxygen atoms in total. The molecule has 0 unspecified atom stereocenters. The number of rotatable bonds is 0. The first-order chi connectivity index (χ1) is 5.66. The van der Waals surface area contributed by atoms with Gasteiger partial charge in [0.05, 0.1) is 0 Å². The zero-order valence-corrected chi connectivity index (χ0v) is 23.1. The number of hydrogen-bond donors (Lipinski definition) is 0. The van der Waals surface area contributed by atoms with Crippen molar-refractivity contribution in [3.63, 3.8) is 0 Å². The van der Waals surface area contributed by atoms with E-state index in [1.807, 2.05) is 0 Å². The number of hydrogen-bond acceptors (Lipinski definition) is 8. The monoisotopic (exact) mass is 512 g/mol. The molecule has 0 spiro atoms. The molecule has 0 atom stereocenters. The van der Waals surface area contributed by atoms with Gasteiger partial charge in [-0.2, -0.15) is 0 Å². The maximum atomic E-state index is 7.13. The van der Waals surface area contributed by atoms with Crippen molar-refractivity contribution in [2.24, 2.45) is 0 Å². The molecule has 0 fully saturated rings. The standard InChI is InChI=1S/4CHNS.Hg.2K/c4*2-1-3;;;/h4*3H;;;/q;;;;3*+1/p-4. The van der Waals surface area contributed by atoms with Crippen molar-refractivity contribution < 1.29 is 130 Å². The van der Waals surface area contributed by atoms with Crippen molar-refractivity contribution >= 4 is 50.5 Å². The van der Waals surface area contributed by atoms with Crippen molar-refractivity contribution in [2.45, 2.75) is 0 Å². The van der Waals surface area contributed by atoms with Crippen LogP contribution in [0.3, 0.4) is 0 Å². The third-order valence-corrected chi connectivity index (χ3v) is 0. The Balaban J connectivity index is -0.0000000107. The van der Waals surface area contributed by atoms with E-state index in [-0.39, 0.29) is 130 Å². The van der Waals surface area contributed by atoms with Crippen LogP contribution >= 0.6 is 0 Å². The van der Waals surface area contributed by atoms with E-state index in [0.29, 0.717) is 0 Å². The molecule has 11 heteroatoms. The first kappa shape index (κ1) is 43.0. The Morgan fingerprint density at radius 3 is 0.533 bits per heavy atom. The molecule has 0 N–H and O–H groups in total. The predicted molar refractivity (Wildman–Crippen MR) is 51.9 cm³/mol. The average molecular weight is 511 g/mol. The largest absolute Gasteiger partial charge is 1.00 e. The van der Waals surface area contributed by atoms with Crippen LogP contribution < -0.4 is 103 Å². The minimum atomic E-state index is 0. The van der Waals surface area contributed by atoms with E-state index in [2.05, 4.69) is 50.5 Å². The van der Waals surface area contributed by atoms with Gasteiger partial charge in [-0.05, 0) is 0 Å². The summed E-state index contributed by atoms with van der Waals surface area (Å²) in [7, 11) is 0. The zero-order chi connectivity index (χ0) is 10.8. The first-order valence-corrected chi connectivity index (χ1v) is 3.34. The van der Waals surface area contributed by atoms with Gasteiger partial charge < -0.3 is 50.5 Å². The van der Waals surface area contributed by atoms with Gasteiger partial charge >= 0.3 is 130 Å². The first-order valence-electron chi connectivity index (χ1n) is 1.71. The Morgan fingerprint density at radius 2 is 0.533 bits per heavy atom. The molecule has 0 heterocycles. The fourth-order valence-electron chi connectivity index (χ4n) is 0. The Kier molecular flexibility index (Phi) is 253. The van der Waals surface area contributed by atoms with Crippen molar-refractivity contribution in [1.29, 1.82) is 21.0 Å². The number of nitriles is 4. The second kappa shape index (κ2) is 88.4. The van der Waals surface area contributed by atoms with Crippen molar-refractivity contribution in [3.8, 4) is 21.6 Å². The summed E-state index contributed by atoms with van der Waals surface area (Å²) in [6.45, 7) is 0. The van der Waals surface area contributed by atoms with Gasteiger partial charge in [-0.15, -0.1) is 0 Å². The van der Waals surface area contributed by atoms with E-state index in [1.165, 1.54) is 21.6 Å². The van der Waals surface area contributed by atoms with Crippen LogP contribution in [0.2, 0.25) is 0 Å². The molecular weight excluding hydrogens is 511 g/mol. The Morgan fingerprint density at radius 1 is 0.533 bits per heavy atom. The Bertz CT molecular complexity index is 167. The van der Waals surface area contributed by atoms with Crippen molar-refractivity contribution in [3.05, 3.63) is 0 Å². The van der Waals surface area contributed by atoms with Gasteiger partial charge in [-0.25, -0.2) is 21.0 Å². The summed E-state index contributed by atoms with van der Waals surface area (Å²) < 4.78 is 0. The van der Waals surface area contributed by atoms with Crippen molar-refractivity contribution in [1.82, 2.24) is 0 Å². The molecule has 0 aromatic carbocycles. The fraction of sp³-hybridized carbons (Fsp3) is 0. The van der Waals surface area contributed by atoms with Gasteiger partial charge in [0.1, 0.15) is 0 Å². The molecule has 65 valence electrons. The van der Waals surface area contributed by atoms with E-state index >= 15 is 0 Å². The molecule has 1 radical (unpaired) electrons. The summed E-state index contributed by atoms with van der Waals surface area (Å²) in [6, 6.07) is 0. The number of thiocyanates is 4. The van der Waals surface area contributed by atoms with E-state index in [0.717, 1.165) is 0 Å². The average Bonchev–Trinajstić information content (AvgIpc) is 1.92. The molecule has 0 aliphatic carbocycles. The normalized spacial score (nSPS) is 1.87. The van der Waals surface area contributed by atoms with Crippen LogP contribution in [0.5, 0.6) is 0 Å². The zero-order valence-electron chi connectivity index (χ0n) is 8.13. The summed E-state index contributed by atoms with van der Waals surface area (Å²) in [5, 5.41) is 33.9. The van der Waals surface area contributed by atoms with Crippen LogP contribution in [0.1, 0.15) is 0 Å². The molecule has 0 amide bonds. The summed E-state index contributed by atoms with van der Waals surface area (Å²) in [4.78, 5) is 0. The molecular formula is C4HgK2N4S4-. The summed E-state index contributed by atoms with van der Waals surface area (Å²) in [5.74, 6) is 0. The second-order valence-corrected chi connectivity index (χ2v) is 1.10. The molecule has 0 aromatic rings. The molecule has 0 rings (SSSR count). The van der Waals surface area contributed by atoms with Gasteiger partial charge in [-0.1, -0.05) is 21.6 Å². The number of nitrogens with zero attached hydrogens (tertiary/aromatic N) is 4. The van der Waals surface area contributed by atoms with Crippen LogP contribution in [-0.4, -0.2) is 0 Å². The topological polar surface area (TPSA) is 95.2 Å². The predicted octanol–water partition coefficient (Wildman–Crippen LogP) is -5.94. The smallest absolute Gasteiger partial charge is 0.696 e. The minimum absolute atomic E-state index is 0. The fourth-order valence-corrected chi connectivity index (χ4v) is 0. The Hall–Kier alpha value is 3.05. The summed E-state index contributed by atoms with van der Waals surface area (Å²) in [5.41, 5.74) is 0. The third kappa shape index (κ3) is 416. The maximum Gasteiger partial charge on any atom is 1.00 e. The van der Waals surface area contributed by atoms with Crippen LogP contribution in [0, 0.1) is 42.7 Å². The quantitative estimate of drug-likeness (QED) is 0.181. The van der Waals surface area contributed by atoms with Crippen LogP contribution in [0.25, 0.3) is 0 Å². The van der Waals surface area contributed by atoms with E-state index in [4.69, 9.17) is 21.0 Å². The molecule has 0 aliphatic heterocycles. The van der Waals surface area contributed by atoms with Crippen LogP contribution in [0.15, 0.2) is 0 Å². The van der Waals surface area contributed by atoms with Crippen LogP contribution in [-0.2, 0) is 78.2 Å². The molecule has 0 saturated heterocycles. The van der Waals surface area contributed by atoms with Gasteiger partial charge in [0, 0.05) is 0 Å². The SMILES string of the molecule is N#C[S-].N#C[S-].N#C[S-].N#C[S-].[Hg+].[K+].[K+].